The number of nitrogens with two attached hydrogens (primary N) is 5. The number of nitrogens with zero attached hydrogens (tertiary/aromatic N) is 1. The van der Waals surface area contributed by atoms with Crippen molar-refractivity contribution in [2.45, 2.75) is 65.5 Å². The fourth-order valence-electron chi connectivity index (χ4n) is 1.19. The molecule has 1 fully saturated rings. The second-order valence-electron chi connectivity index (χ2n) is 5.86. The summed E-state index contributed by atoms with van der Waals surface area (Å²) in [6, 6.07) is 0.562. The number of rotatable bonds is 0. The lowest BCUT2D eigenvalue weighted by Gasteiger charge is -2.24. The molecule has 0 aromatic rings. The summed E-state index contributed by atoms with van der Waals surface area (Å²) in [5.41, 5.74) is 24.7. The van der Waals surface area contributed by atoms with Crippen LogP contribution in [0.5, 0.6) is 0 Å². The van der Waals surface area contributed by atoms with Crippen molar-refractivity contribution in [1.29, 1.82) is 0 Å². The lowest BCUT2D eigenvalue weighted by atomic mass is 9.92. The number of hydrogen-bond donors (Lipinski definition) is 5. The molecule has 10 nitrogen and oxygen atoms in total. The van der Waals surface area contributed by atoms with Gasteiger partial charge in [-0.1, -0.05) is 12.8 Å². The number of primary amides is 3. The van der Waals surface area contributed by atoms with Gasteiger partial charge in [0.25, 0.3) is 0 Å². The predicted octanol–water partition coefficient (Wildman–Crippen LogP) is -1.22. The average molecular weight is 379 g/mol. The minimum Gasteiger partial charge on any atom is -0.370 e. The van der Waals surface area contributed by atoms with Crippen LogP contribution >= 0.6 is 0 Å². The Kier molecular flexibility index (Phi) is 25.3. The summed E-state index contributed by atoms with van der Waals surface area (Å²) >= 11 is 0. The second kappa shape index (κ2) is 20.8. The molecule has 0 spiro atoms. The SMILES string of the molecule is CC(=O)N(C)C.CC(N)=O.CC(N)=O.CC(N)=O.N[C@@H]1CCCC[C@H]1N. The monoisotopic (exact) mass is 378 g/mol. The summed E-state index contributed by atoms with van der Waals surface area (Å²) < 4.78 is 0. The van der Waals surface area contributed by atoms with Crippen molar-refractivity contribution in [3.8, 4) is 0 Å². The van der Waals surface area contributed by atoms with Crippen molar-refractivity contribution >= 4 is 23.6 Å². The minimum absolute atomic E-state index is 0.0926. The van der Waals surface area contributed by atoms with Gasteiger partial charge in [-0.25, -0.2) is 0 Å². The molecule has 26 heavy (non-hydrogen) atoms. The Labute approximate surface area is 156 Å². The topological polar surface area (TPSA) is 202 Å². The molecule has 0 aromatic heterocycles. The van der Waals surface area contributed by atoms with Gasteiger partial charge in [-0.05, 0) is 12.8 Å². The molecule has 0 heterocycles. The molecule has 1 saturated carbocycles. The Bertz CT molecular complexity index is 352. The van der Waals surface area contributed by atoms with Crippen LogP contribution in [0.25, 0.3) is 0 Å². The number of amides is 4. The van der Waals surface area contributed by atoms with Gasteiger partial charge in [0, 0.05) is 53.9 Å². The van der Waals surface area contributed by atoms with Crippen molar-refractivity contribution in [3.05, 3.63) is 0 Å². The third kappa shape index (κ3) is 57.6. The molecule has 0 bridgehead atoms. The first-order valence-corrected chi connectivity index (χ1v) is 8.12. The van der Waals surface area contributed by atoms with Gasteiger partial charge in [0.2, 0.25) is 23.6 Å². The second-order valence-corrected chi connectivity index (χ2v) is 5.86. The molecule has 0 radical (unpaired) electrons. The van der Waals surface area contributed by atoms with Crippen molar-refractivity contribution in [3.63, 3.8) is 0 Å². The van der Waals surface area contributed by atoms with Crippen LogP contribution in [-0.4, -0.2) is 54.7 Å². The Balaban J connectivity index is -0.000000121. The van der Waals surface area contributed by atoms with Gasteiger partial charge in [-0.15, -0.1) is 0 Å². The number of carbonyl (C=O) groups is 4. The molecule has 10 N–H and O–H groups in total. The summed E-state index contributed by atoms with van der Waals surface area (Å²) in [5, 5.41) is 0. The Morgan fingerprint density at radius 2 is 0.846 bits per heavy atom. The molecule has 0 unspecified atom stereocenters. The Morgan fingerprint density at radius 3 is 0.923 bits per heavy atom. The van der Waals surface area contributed by atoms with E-state index in [2.05, 4.69) is 17.2 Å². The van der Waals surface area contributed by atoms with Crippen molar-refractivity contribution in [2.75, 3.05) is 14.1 Å². The highest BCUT2D eigenvalue weighted by Gasteiger charge is 2.16. The largest absolute Gasteiger partial charge is 0.370 e. The molecule has 10 heteroatoms. The van der Waals surface area contributed by atoms with E-state index in [1.165, 1.54) is 45.4 Å². The van der Waals surface area contributed by atoms with Crippen molar-refractivity contribution in [2.24, 2.45) is 28.7 Å². The van der Waals surface area contributed by atoms with Gasteiger partial charge in [0.15, 0.2) is 0 Å². The van der Waals surface area contributed by atoms with Gasteiger partial charge < -0.3 is 33.6 Å². The highest BCUT2D eigenvalue weighted by atomic mass is 16.2. The van der Waals surface area contributed by atoms with Crippen LogP contribution in [-0.2, 0) is 19.2 Å². The van der Waals surface area contributed by atoms with Crippen LogP contribution in [0.4, 0.5) is 0 Å². The van der Waals surface area contributed by atoms with E-state index in [4.69, 9.17) is 11.5 Å². The maximum Gasteiger partial charge on any atom is 0.218 e. The fraction of sp³-hybridized carbons (Fsp3) is 0.750. The highest BCUT2D eigenvalue weighted by molar-refractivity contribution is 5.72. The van der Waals surface area contributed by atoms with Crippen LogP contribution in [0.3, 0.4) is 0 Å². The molecule has 0 aromatic carbocycles. The lowest BCUT2D eigenvalue weighted by molar-refractivity contribution is -0.126. The van der Waals surface area contributed by atoms with Crippen LogP contribution in [0.2, 0.25) is 0 Å². The molecular formula is C16H38N6O4. The molecule has 1 aliphatic carbocycles. The molecular weight excluding hydrogens is 340 g/mol. The maximum atomic E-state index is 10.1. The van der Waals surface area contributed by atoms with E-state index in [9.17, 15) is 19.2 Å². The van der Waals surface area contributed by atoms with Crippen molar-refractivity contribution in [1.82, 2.24) is 4.90 Å². The van der Waals surface area contributed by atoms with Gasteiger partial charge in [-0.3, -0.25) is 19.2 Å². The molecule has 1 aliphatic rings. The van der Waals surface area contributed by atoms with E-state index in [1.54, 1.807) is 14.1 Å². The normalized spacial score (nSPS) is 16.9. The molecule has 2 atom stereocenters. The quantitative estimate of drug-likeness (QED) is 0.349. The van der Waals surface area contributed by atoms with Crippen molar-refractivity contribution < 1.29 is 19.2 Å². The molecule has 0 aliphatic heterocycles. The zero-order chi connectivity index (χ0) is 21.9. The fourth-order valence-corrected chi connectivity index (χ4v) is 1.19. The average Bonchev–Trinajstić information content (AvgIpc) is 2.41. The molecule has 1 rings (SSSR count). The summed E-state index contributed by atoms with van der Waals surface area (Å²) in [5.74, 6) is -0.907. The number of hydrogen-bond acceptors (Lipinski definition) is 6. The van der Waals surface area contributed by atoms with Gasteiger partial charge >= 0.3 is 0 Å². The maximum absolute atomic E-state index is 10.1. The lowest BCUT2D eigenvalue weighted by Crippen LogP contribution is -2.43. The van der Waals surface area contributed by atoms with E-state index in [-0.39, 0.29) is 35.7 Å². The van der Waals surface area contributed by atoms with E-state index < -0.39 is 0 Å². The number of carbonyl (C=O) groups excluding carboxylic acids is 4. The van der Waals surface area contributed by atoms with E-state index >= 15 is 0 Å². The van der Waals surface area contributed by atoms with Crippen LogP contribution < -0.4 is 28.7 Å². The van der Waals surface area contributed by atoms with E-state index in [0.717, 1.165) is 12.8 Å². The zero-order valence-corrected chi connectivity index (χ0v) is 17.0. The first-order chi connectivity index (χ1) is 11.6. The van der Waals surface area contributed by atoms with E-state index in [1.807, 2.05) is 0 Å². The summed E-state index contributed by atoms with van der Waals surface area (Å²) in [6.07, 6.45) is 4.80. The van der Waals surface area contributed by atoms with Crippen LogP contribution in [0.15, 0.2) is 0 Å². The van der Waals surface area contributed by atoms with Gasteiger partial charge in [0.05, 0.1) is 0 Å². The third-order valence-corrected chi connectivity index (χ3v) is 2.50. The first kappa shape index (κ1) is 31.6. The molecule has 156 valence electrons. The highest BCUT2D eigenvalue weighted by Crippen LogP contribution is 2.14. The zero-order valence-electron chi connectivity index (χ0n) is 17.0. The summed E-state index contributed by atoms with van der Waals surface area (Å²) in [7, 11) is 3.45. The Morgan fingerprint density at radius 1 is 0.692 bits per heavy atom. The first-order valence-electron chi connectivity index (χ1n) is 8.12. The van der Waals surface area contributed by atoms with Crippen LogP contribution in [0.1, 0.15) is 53.4 Å². The predicted molar refractivity (Wildman–Crippen MR) is 103 cm³/mol. The van der Waals surface area contributed by atoms with Crippen LogP contribution in [0, 0.1) is 0 Å². The Hall–Kier alpha value is -2.20. The minimum atomic E-state index is -0.333. The molecule has 4 amide bonds. The summed E-state index contributed by atoms with van der Waals surface area (Å²) in [6.45, 7) is 5.44. The smallest absolute Gasteiger partial charge is 0.218 e. The molecule has 0 saturated heterocycles. The van der Waals surface area contributed by atoms with E-state index in [0.29, 0.717) is 0 Å². The summed E-state index contributed by atoms with van der Waals surface area (Å²) in [4.78, 5) is 39.3. The van der Waals surface area contributed by atoms with Gasteiger partial charge in [-0.2, -0.15) is 0 Å². The van der Waals surface area contributed by atoms with Gasteiger partial charge in [0.1, 0.15) is 0 Å². The standard InChI is InChI=1S/C6H14N2.C4H9NO.3C2H5NO/c7-5-3-1-2-4-6(5)8;1-4(6)5(2)3;3*1-2(3)4/h5-6H,1-4,7-8H2;1-3H3;3*1H3,(H2,3,4)/t5-,6-;;;;/m1..../s1. The third-order valence-electron chi connectivity index (χ3n) is 2.50.